The van der Waals surface area contributed by atoms with Gasteiger partial charge in [-0.05, 0) is 19.3 Å². The molecule has 0 heterocycles. The van der Waals surface area contributed by atoms with E-state index < -0.39 is 5.97 Å². The zero-order valence-electron chi connectivity index (χ0n) is 10.4. The van der Waals surface area contributed by atoms with E-state index in [9.17, 15) is 4.79 Å². The van der Waals surface area contributed by atoms with E-state index in [1.807, 2.05) is 0 Å². The Morgan fingerprint density at radius 2 is 1.88 bits per heavy atom. The van der Waals surface area contributed by atoms with Gasteiger partial charge in [-0.2, -0.15) is 0 Å². The normalized spacial score (nSPS) is 17.0. The van der Waals surface area contributed by atoms with Crippen LogP contribution in [0.2, 0.25) is 0 Å². The zero-order valence-corrected chi connectivity index (χ0v) is 10.4. The second kappa shape index (κ2) is 7.63. The van der Waals surface area contributed by atoms with Crippen molar-refractivity contribution in [1.82, 2.24) is 0 Å². The molecular weight excluding hydrogens is 224 g/mol. The van der Waals surface area contributed by atoms with Crippen LogP contribution in [0.25, 0.3) is 0 Å². The van der Waals surface area contributed by atoms with Crippen LogP contribution < -0.4 is 0 Å². The van der Waals surface area contributed by atoms with Crippen LogP contribution in [0.3, 0.4) is 0 Å². The maximum absolute atomic E-state index is 10.6. The molecule has 100 valence electrons. The van der Waals surface area contributed by atoms with Gasteiger partial charge in [0.15, 0.2) is 0 Å². The molecule has 1 aliphatic carbocycles. The molecule has 0 aromatic rings. The summed E-state index contributed by atoms with van der Waals surface area (Å²) in [6.07, 6.45) is 3.04. The summed E-state index contributed by atoms with van der Waals surface area (Å²) >= 11 is 0. The van der Waals surface area contributed by atoms with Gasteiger partial charge in [0.1, 0.15) is 0 Å². The van der Waals surface area contributed by atoms with Gasteiger partial charge >= 0.3 is 5.97 Å². The molecule has 0 amide bonds. The fourth-order valence-corrected chi connectivity index (χ4v) is 1.68. The second-order valence-electron chi connectivity index (χ2n) is 4.58. The van der Waals surface area contributed by atoms with E-state index >= 15 is 0 Å². The van der Waals surface area contributed by atoms with Gasteiger partial charge < -0.3 is 19.3 Å². The average Bonchev–Trinajstić information content (AvgIpc) is 3.01. The molecule has 5 nitrogen and oxygen atoms in total. The lowest BCUT2D eigenvalue weighted by atomic mass is 10.0. The fraction of sp³-hybridized carbons (Fsp3) is 0.917. The number of methoxy groups -OCH3 is 1. The predicted molar refractivity (Wildman–Crippen MR) is 62.1 cm³/mol. The summed E-state index contributed by atoms with van der Waals surface area (Å²) in [6, 6.07) is 0. The topological polar surface area (TPSA) is 65.0 Å². The third kappa shape index (κ3) is 6.61. The lowest BCUT2D eigenvalue weighted by Gasteiger charge is -2.12. The van der Waals surface area contributed by atoms with Crippen LogP contribution in [0.1, 0.15) is 25.7 Å². The van der Waals surface area contributed by atoms with Crippen molar-refractivity contribution in [1.29, 1.82) is 0 Å². The fourth-order valence-electron chi connectivity index (χ4n) is 1.68. The Hall–Kier alpha value is -0.650. The van der Waals surface area contributed by atoms with Crippen molar-refractivity contribution in [2.45, 2.75) is 25.7 Å². The van der Waals surface area contributed by atoms with Crippen LogP contribution in [0.15, 0.2) is 0 Å². The molecule has 0 radical (unpaired) electrons. The highest BCUT2D eigenvalue weighted by Crippen LogP contribution is 2.48. The van der Waals surface area contributed by atoms with Crippen LogP contribution in [0.4, 0.5) is 0 Å². The largest absolute Gasteiger partial charge is 0.481 e. The van der Waals surface area contributed by atoms with Gasteiger partial charge in [-0.1, -0.05) is 0 Å². The molecule has 0 aromatic carbocycles. The van der Waals surface area contributed by atoms with E-state index in [1.165, 1.54) is 0 Å². The Balaban J connectivity index is 1.89. The van der Waals surface area contributed by atoms with Crippen molar-refractivity contribution in [2.75, 3.05) is 40.1 Å². The molecule has 0 bridgehead atoms. The average molecular weight is 246 g/mol. The Morgan fingerprint density at radius 1 is 1.18 bits per heavy atom. The number of aliphatic carboxylic acids is 1. The van der Waals surface area contributed by atoms with Gasteiger partial charge in [-0.15, -0.1) is 0 Å². The minimum Gasteiger partial charge on any atom is -0.481 e. The number of carboxylic acid groups (broad SMARTS) is 1. The van der Waals surface area contributed by atoms with E-state index in [-0.39, 0.29) is 11.8 Å². The number of carbonyl (C=O) groups is 1. The monoisotopic (exact) mass is 246 g/mol. The first kappa shape index (κ1) is 14.4. The molecule has 1 N–H and O–H groups in total. The first-order valence-electron chi connectivity index (χ1n) is 6.05. The maximum Gasteiger partial charge on any atom is 0.303 e. The summed E-state index contributed by atoms with van der Waals surface area (Å²) in [5.41, 5.74) is -0.0815. The van der Waals surface area contributed by atoms with E-state index in [1.54, 1.807) is 7.11 Å². The molecule has 0 saturated heterocycles. The van der Waals surface area contributed by atoms with Crippen molar-refractivity contribution in [2.24, 2.45) is 5.41 Å². The zero-order chi connectivity index (χ0) is 12.6. The quantitative estimate of drug-likeness (QED) is 0.557. The van der Waals surface area contributed by atoms with Crippen LogP contribution in [0.5, 0.6) is 0 Å². The summed E-state index contributed by atoms with van der Waals surface area (Å²) in [7, 11) is 1.67. The standard InChI is InChI=1S/C12H22O5/c1-15-5-2-6-16-7-8-17-10-12(3-4-12)9-11(13)14/h2-10H2,1H3,(H,13,14). The SMILES string of the molecule is COCCCOCCOCC1(CC(=O)O)CC1. The minimum absolute atomic E-state index is 0.0815. The third-order valence-electron chi connectivity index (χ3n) is 2.90. The van der Waals surface area contributed by atoms with Gasteiger partial charge in [0.25, 0.3) is 0 Å². The summed E-state index contributed by atoms with van der Waals surface area (Å²) < 4.78 is 15.7. The Bertz CT molecular complexity index is 225. The van der Waals surface area contributed by atoms with Gasteiger partial charge in [-0.3, -0.25) is 4.79 Å². The lowest BCUT2D eigenvalue weighted by Crippen LogP contribution is -2.17. The molecule has 5 heteroatoms. The Labute approximate surface area is 102 Å². The van der Waals surface area contributed by atoms with E-state index in [2.05, 4.69) is 0 Å². The number of rotatable bonds is 11. The Morgan fingerprint density at radius 3 is 2.47 bits per heavy atom. The van der Waals surface area contributed by atoms with Crippen LogP contribution in [-0.2, 0) is 19.0 Å². The Kier molecular flexibility index (Phi) is 6.47. The molecule has 0 aliphatic heterocycles. The molecule has 17 heavy (non-hydrogen) atoms. The molecule has 1 aliphatic rings. The third-order valence-corrected chi connectivity index (χ3v) is 2.90. The molecular formula is C12H22O5. The summed E-state index contributed by atoms with van der Waals surface area (Å²) in [5, 5.41) is 8.72. The molecule has 0 aromatic heterocycles. The van der Waals surface area contributed by atoms with Crippen LogP contribution in [-0.4, -0.2) is 51.2 Å². The first-order chi connectivity index (χ1) is 8.18. The molecule has 1 fully saturated rings. The van der Waals surface area contributed by atoms with E-state index in [0.717, 1.165) is 19.3 Å². The molecule has 1 rings (SSSR count). The van der Waals surface area contributed by atoms with Crippen LogP contribution >= 0.6 is 0 Å². The molecule has 0 atom stereocenters. The number of hydrogen-bond donors (Lipinski definition) is 1. The summed E-state index contributed by atoms with van der Waals surface area (Å²) in [6.45, 7) is 3.03. The van der Waals surface area contributed by atoms with Gasteiger partial charge in [0.2, 0.25) is 0 Å². The highest BCUT2D eigenvalue weighted by Gasteiger charge is 2.44. The van der Waals surface area contributed by atoms with E-state index in [4.69, 9.17) is 19.3 Å². The van der Waals surface area contributed by atoms with Gasteiger partial charge in [-0.25, -0.2) is 0 Å². The van der Waals surface area contributed by atoms with Crippen LogP contribution in [0, 0.1) is 5.41 Å². The molecule has 0 spiro atoms. The van der Waals surface area contributed by atoms with Crippen molar-refractivity contribution in [3.05, 3.63) is 0 Å². The highest BCUT2D eigenvalue weighted by atomic mass is 16.5. The number of ether oxygens (including phenoxy) is 3. The lowest BCUT2D eigenvalue weighted by molar-refractivity contribution is -0.139. The minimum atomic E-state index is -0.734. The maximum atomic E-state index is 10.6. The van der Waals surface area contributed by atoms with Gasteiger partial charge in [0, 0.05) is 25.7 Å². The summed E-state index contributed by atoms with van der Waals surface area (Å²) in [4.78, 5) is 10.6. The van der Waals surface area contributed by atoms with Gasteiger partial charge in [0.05, 0.1) is 26.2 Å². The predicted octanol–water partition coefficient (Wildman–Crippen LogP) is 1.31. The smallest absolute Gasteiger partial charge is 0.303 e. The molecule has 0 unspecified atom stereocenters. The number of hydrogen-bond acceptors (Lipinski definition) is 4. The highest BCUT2D eigenvalue weighted by molar-refractivity contribution is 5.68. The molecule has 1 saturated carbocycles. The van der Waals surface area contributed by atoms with Crippen molar-refractivity contribution >= 4 is 5.97 Å². The summed E-state index contributed by atoms with van der Waals surface area (Å²) in [5.74, 6) is -0.734. The van der Waals surface area contributed by atoms with Crippen molar-refractivity contribution in [3.63, 3.8) is 0 Å². The first-order valence-corrected chi connectivity index (χ1v) is 6.05. The second-order valence-corrected chi connectivity index (χ2v) is 4.58. The number of carboxylic acids is 1. The van der Waals surface area contributed by atoms with Crippen molar-refractivity contribution in [3.8, 4) is 0 Å². The van der Waals surface area contributed by atoms with E-state index in [0.29, 0.717) is 33.0 Å². The van der Waals surface area contributed by atoms with Crippen molar-refractivity contribution < 1.29 is 24.1 Å².